The van der Waals surface area contributed by atoms with Crippen LogP contribution >= 0.6 is 24.2 Å². The van der Waals surface area contributed by atoms with Crippen molar-refractivity contribution < 1.29 is 4.79 Å². The van der Waals surface area contributed by atoms with Crippen LogP contribution in [0.3, 0.4) is 0 Å². The van der Waals surface area contributed by atoms with E-state index < -0.39 is 0 Å². The standard InChI is InChI=1S/C9H18N2OS.ClH/c1-3-6(2)7(10)8(12)9-11-4-5-13-9;/h6-7,9,11H,3-5,10H2,1-2H3;1H. The lowest BCUT2D eigenvalue weighted by atomic mass is 9.96. The Labute approximate surface area is 96.0 Å². The summed E-state index contributed by atoms with van der Waals surface area (Å²) in [6.45, 7) is 5.02. The number of carbonyl (C=O) groups excluding carboxylic acids is 1. The van der Waals surface area contributed by atoms with Crippen molar-refractivity contribution in [3.63, 3.8) is 0 Å². The zero-order valence-corrected chi connectivity index (χ0v) is 10.3. The second kappa shape index (κ2) is 6.67. The first kappa shape index (κ1) is 14.2. The smallest absolute Gasteiger partial charge is 0.176 e. The number of nitrogens with two attached hydrogens (primary N) is 1. The average Bonchev–Trinajstić information content (AvgIpc) is 2.67. The molecule has 3 N–H and O–H groups in total. The Balaban J connectivity index is 0.00000169. The van der Waals surface area contributed by atoms with E-state index in [2.05, 4.69) is 12.2 Å². The summed E-state index contributed by atoms with van der Waals surface area (Å²) in [6, 6.07) is -0.298. The quantitative estimate of drug-likeness (QED) is 0.768. The number of Topliss-reactive ketones (excluding diaryl/α,β-unsaturated/α-hetero) is 1. The molecule has 1 saturated heterocycles. The highest BCUT2D eigenvalue weighted by Gasteiger charge is 2.29. The number of hydrogen-bond donors (Lipinski definition) is 2. The van der Waals surface area contributed by atoms with E-state index in [1.54, 1.807) is 11.8 Å². The minimum absolute atomic E-state index is 0. The number of rotatable bonds is 4. The van der Waals surface area contributed by atoms with Crippen LogP contribution < -0.4 is 11.1 Å². The molecule has 1 rings (SSSR count). The number of nitrogens with one attached hydrogen (secondary N) is 1. The van der Waals surface area contributed by atoms with Crippen LogP contribution in [0.25, 0.3) is 0 Å². The molecular formula is C9H19ClN2OS. The van der Waals surface area contributed by atoms with Crippen LogP contribution in [0.5, 0.6) is 0 Å². The van der Waals surface area contributed by atoms with Gasteiger partial charge in [-0.1, -0.05) is 20.3 Å². The third-order valence-corrected chi connectivity index (χ3v) is 3.73. The molecule has 0 aliphatic carbocycles. The molecule has 1 heterocycles. The molecule has 0 amide bonds. The first-order valence-corrected chi connectivity index (χ1v) is 5.86. The topological polar surface area (TPSA) is 55.1 Å². The maximum atomic E-state index is 11.7. The Hall–Kier alpha value is 0.230. The SMILES string of the molecule is CCC(C)C(N)C(=O)C1NCCS1.Cl. The molecule has 1 aliphatic rings. The summed E-state index contributed by atoms with van der Waals surface area (Å²) in [5.74, 6) is 1.47. The molecule has 0 bridgehead atoms. The van der Waals surface area contributed by atoms with E-state index in [9.17, 15) is 4.79 Å². The molecule has 0 aromatic carbocycles. The molecule has 0 aromatic rings. The largest absolute Gasteiger partial charge is 0.321 e. The van der Waals surface area contributed by atoms with E-state index in [1.807, 2.05) is 6.92 Å². The Morgan fingerprint density at radius 1 is 1.71 bits per heavy atom. The molecule has 0 spiro atoms. The molecule has 3 atom stereocenters. The summed E-state index contributed by atoms with van der Waals surface area (Å²) in [4.78, 5) is 11.7. The van der Waals surface area contributed by atoms with Gasteiger partial charge in [-0.05, 0) is 5.92 Å². The van der Waals surface area contributed by atoms with Gasteiger partial charge in [-0.2, -0.15) is 0 Å². The molecule has 0 radical (unpaired) electrons. The third-order valence-electron chi connectivity index (χ3n) is 2.56. The van der Waals surface area contributed by atoms with Crippen molar-refractivity contribution in [2.75, 3.05) is 12.3 Å². The molecule has 14 heavy (non-hydrogen) atoms. The normalized spacial score (nSPS) is 25.2. The maximum Gasteiger partial charge on any atom is 0.176 e. The predicted octanol–water partition coefficient (Wildman–Crippen LogP) is 1.01. The van der Waals surface area contributed by atoms with E-state index in [4.69, 9.17) is 5.73 Å². The van der Waals surface area contributed by atoms with E-state index in [0.29, 0.717) is 0 Å². The summed E-state index contributed by atoms with van der Waals surface area (Å²) in [6.07, 6.45) is 0.963. The molecular weight excluding hydrogens is 220 g/mol. The van der Waals surface area contributed by atoms with Gasteiger partial charge in [-0.3, -0.25) is 10.1 Å². The number of thioether (sulfide) groups is 1. The fourth-order valence-corrected chi connectivity index (χ4v) is 2.35. The second-order valence-corrected chi connectivity index (χ2v) is 4.73. The highest BCUT2D eigenvalue weighted by Crippen LogP contribution is 2.18. The predicted molar refractivity (Wildman–Crippen MR) is 63.9 cm³/mol. The van der Waals surface area contributed by atoms with Crippen molar-refractivity contribution in [1.82, 2.24) is 5.32 Å². The fraction of sp³-hybridized carbons (Fsp3) is 0.889. The molecule has 3 nitrogen and oxygen atoms in total. The summed E-state index contributed by atoms with van der Waals surface area (Å²) in [5.41, 5.74) is 5.85. The van der Waals surface area contributed by atoms with Gasteiger partial charge < -0.3 is 5.73 Å². The van der Waals surface area contributed by atoms with E-state index >= 15 is 0 Å². The molecule has 84 valence electrons. The lowest BCUT2D eigenvalue weighted by Gasteiger charge is -2.19. The van der Waals surface area contributed by atoms with Crippen LogP contribution in [0, 0.1) is 5.92 Å². The van der Waals surface area contributed by atoms with Crippen LogP contribution in [-0.2, 0) is 4.79 Å². The number of ketones is 1. The molecule has 1 fully saturated rings. The lowest BCUT2D eigenvalue weighted by Crippen LogP contribution is -2.45. The van der Waals surface area contributed by atoms with Crippen LogP contribution in [0.1, 0.15) is 20.3 Å². The van der Waals surface area contributed by atoms with Gasteiger partial charge in [0, 0.05) is 12.3 Å². The van der Waals surface area contributed by atoms with Crippen molar-refractivity contribution in [3.8, 4) is 0 Å². The van der Waals surface area contributed by atoms with Gasteiger partial charge in [0.15, 0.2) is 5.78 Å². The van der Waals surface area contributed by atoms with Gasteiger partial charge in [0.2, 0.25) is 0 Å². The second-order valence-electron chi connectivity index (χ2n) is 3.52. The van der Waals surface area contributed by atoms with Crippen molar-refractivity contribution in [2.45, 2.75) is 31.7 Å². The van der Waals surface area contributed by atoms with Crippen molar-refractivity contribution in [2.24, 2.45) is 11.7 Å². The summed E-state index contributed by atoms with van der Waals surface area (Å²) >= 11 is 1.67. The number of carbonyl (C=O) groups is 1. The van der Waals surface area contributed by atoms with Crippen LogP contribution in [-0.4, -0.2) is 29.5 Å². The fourth-order valence-electron chi connectivity index (χ4n) is 1.32. The highest BCUT2D eigenvalue weighted by molar-refractivity contribution is 8.00. The minimum atomic E-state index is -0.298. The monoisotopic (exact) mass is 238 g/mol. The lowest BCUT2D eigenvalue weighted by molar-refractivity contribution is -0.121. The highest BCUT2D eigenvalue weighted by atomic mass is 35.5. The average molecular weight is 239 g/mol. The first-order chi connectivity index (χ1) is 6.16. The van der Waals surface area contributed by atoms with Gasteiger partial charge in [0.25, 0.3) is 0 Å². The molecule has 3 unspecified atom stereocenters. The van der Waals surface area contributed by atoms with Gasteiger partial charge >= 0.3 is 0 Å². The summed E-state index contributed by atoms with van der Waals surface area (Å²) in [5, 5.41) is 3.10. The van der Waals surface area contributed by atoms with Gasteiger partial charge in [-0.25, -0.2) is 0 Å². The van der Waals surface area contributed by atoms with Gasteiger partial charge in [0.05, 0.1) is 6.04 Å². The third kappa shape index (κ3) is 3.42. The van der Waals surface area contributed by atoms with Crippen molar-refractivity contribution in [1.29, 1.82) is 0 Å². The Kier molecular flexibility index (Phi) is 6.78. The Morgan fingerprint density at radius 2 is 2.36 bits per heavy atom. The van der Waals surface area contributed by atoms with E-state index in [0.717, 1.165) is 18.7 Å². The Morgan fingerprint density at radius 3 is 2.79 bits per heavy atom. The molecule has 1 aliphatic heterocycles. The molecule has 0 saturated carbocycles. The van der Waals surface area contributed by atoms with Crippen molar-refractivity contribution >= 4 is 30.0 Å². The maximum absolute atomic E-state index is 11.7. The summed E-state index contributed by atoms with van der Waals surface area (Å²) < 4.78 is 0. The zero-order chi connectivity index (χ0) is 9.84. The number of halogens is 1. The van der Waals surface area contributed by atoms with Gasteiger partial charge in [0.1, 0.15) is 5.37 Å². The van der Waals surface area contributed by atoms with E-state index in [1.165, 1.54) is 0 Å². The van der Waals surface area contributed by atoms with Gasteiger partial charge in [-0.15, -0.1) is 24.2 Å². The van der Waals surface area contributed by atoms with Crippen molar-refractivity contribution in [3.05, 3.63) is 0 Å². The van der Waals surface area contributed by atoms with Crippen LogP contribution in [0.2, 0.25) is 0 Å². The van der Waals surface area contributed by atoms with Crippen LogP contribution in [0.15, 0.2) is 0 Å². The molecule has 0 aromatic heterocycles. The zero-order valence-electron chi connectivity index (χ0n) is 8.66. The first-order valence-electron chi connectivity index (χ1n) is 4.81. The Bertz CT molecular complexity index is 186. The number of hydrogen-bond acceptors (Lipinski definition) is 4. The molecule has 5 heteroatoms. The van der Waals surface area contributed by atoms with E-state index in [-0.39, 0.29) is 35.5 Å². The minimum Gasteiger partial charge on any atom is -0.321 e. The summed E-state index contributed by atoms with van der Waals surface area (Å²) in [7, 11) is 0. The van der Waals surface area contributed by atoms with Crippen LogP contribution in [0.4, 0.5) is 0 Å².